The Morgan fingerprint density at radius 3 is 2.21 bits per heavy atom. The van der Waals surface area contributed by atoms with Gasteiger partial charge >= 0.3 is 126 Å². The summed E-state index contributed by atoms with van der Waals surface area (Å²) in [5, 5.41) is 3.55. The molecule has 0 spiro atoms. The molecular formula is C16H15NSSe. The number of benzene rings is 2. The van der Waals surface area contributed by atoms with Crippen LogP contribution in [0.2, 0.25) is 5.32 Å². The van der Waals surface area contributed by atoms with Crippen LogP contribution in [0.15, 0.2) is 65.7 Å². The van der Waals surface area contributed by atoms with Crippen molar-refractivity contribution in [3.05, 3.63) is 66.2 Å². The van der Waals surface area contributed by atoms with Crippen molar-refractivity contribution < 1.29 is 0 Å². The molecule has 96 valence electrons. The fourth-order valence-corrected chi connectivity index (χ4v) is 4.18. The molecule has 0 saturated carbocycles. The van der Waals surface area contributed by atoms with Gasteiger partial charge in [0.05, 0.1) is 0 Å². The molecule has 0 heterocycles. The van der Waals surface area contributed by atoms with Crippen LogP contribution in [0.3, 0.4) is 0 Å². The standard InChI is InChI=1S/C16H15NSSe/c1-16(17-13-18,14-8-4-2-5-9-14)12-19-15-10-6-3-7-11-15/h2-11H,12H2,1H3. The van der Waals surface area contributed by atoms with Crippen molar-refractivity contribution in [2.24, 2.45) is 4.99 Å². The molecule has 2 aromatic carbocycles. The van der Waals surface area contributed by atoms with Gasteiger partial charge in [-0.15, -0.1) is 0 Å². The topological polar surface area (TPSA) is 12.4 Å². The van der Waals surface area contributed by atoms with E-state index in [0.717, 1.165) is 5.32 Å². The molecule has 1 unspecified atom stereocenters. The molecule has 0 aliphatic rings. The number of nitrogens with zero attached hydrogens (tertiary/aromatic N) is 1. The van der Waals surface area contributed by atoms with Crippen LogP contribution in [-0.4, -0.2) is 20.1 Å². The number of hydrogen-bond acceptors (Lipinski definition) is 2. The van der Waals surface area contributed by atoms with E-state index in [2.05, 4.69) is 53.5 Å². The molecule has 0 fully saturated rings. The van der Waals surface area contributed by atoms with Gasteiger partial charge in [-0.05, 0) is 0 Å². The Hall–Kier alpha value is -1.24. The van der Waals surface area contributed by atoms with Crippen LogP contribution in [0, 0.1) is 0 Å². The normalized spacial score (nSPS) is 13.3. The average molecular weight is 332 g/mol. The van der Waals surface area contributed by atoms with E-state index in [-0.39, 0.29) is 5.54 Å². The number of isothiocyanates is 1. The molecular weight excluding hydrogens is 317 g/mol. The van der Waals surface area contributed by atoms with E-state index in [9.17, 15) is 0 Å². The molecule has 0 aromatic heterocycles. The molecule has 0 saturated heterocycles. The first-order valence-electron chi connectivity index (χ1n) is 6.07. The van der Waals surface area contributed by atoms with Gasteiger partial charge in [0.25, 0.3) is 0 Å². The molecule has 1 atom stereocenters. The van der Waals surface area contributed by atoms with Crippen molar-refractivity contribution in [2.75, 3.05) is 0 Å². The Balaban J connectivity index is 2.19. The molecule has 2 aromatic rings. The van der Waals surface area contributed by atoms with Crippen molar-refractivity contribution in [1.29, 1.82) is 0 Å². The zero-order chi connectivity index (χ0) is 13.6. The van der Waals surface area contributed by atoms with Crippen LogP contribution in [0.4, 0.5) is 0 Å². The number of hydrogen-bond donors (Lipinski definition) is 0. The van der Waals surface area contributed by atoms with Gasteiger partial charge in [0.2, 0.25) is 0 Å². The number of aliphatic imine (C=N–C) groups is 1. The maximum absolute atomic E-state index is 4.82. The summed E-state index contributed by atoms with van der Waals surface area (Å²) in [5.74, 6) is 0. The van der Waals surface area contributed by atoms with Crippen molar-refractivity contribution in [3.8, 4) is 0 Å². The molecule has 0 N–H and O–H groups in total. The Kier molecular flexibility index (Phi) is 5.07. The Morgan fingerprint density at radius 2 is 1.63 bits per heavy atom. The average Bonchev–Trinajstić information content (AvgIpc) is 2.48. The summed E-state index contributed by atoms with van der Waals surface area (Å²) in [6.07, 6.45) is 0. The van der Waals surface area contributed by atoms with Crippen molar-refractivity contribution in [2.45, 2.75) is 17.8 Å². The zero-order valence-electron chi connectivity index (χ0n) is 10.7. The van der Waals surface area contributed by atoms with Crippen molar-refractivity contribution in [3.63, 3.8) is 0 Å². The molecule has 0 radical (unpaired) electrons. The van der Waals surface area contributed by atoms with Gasteiger partial charge < -0.3 is 0 Å². The van der Waals surface area contributed by atoms with Crippen LogP contribution < -0.4 is 4.46 Å². The Bertz CT molecular complexity index is 564. The van der Waals surface area contributed by atoms with Crippen molar-refractivity contribution in [1.82, 2.24) is 0 Å². The van der Waals surface area contributed by atoms with E-state index < -0.39 is 0 Å². The minimum absolute atomic E-state index is 0.265. The summed E-state index contributed by atoms with van der Waals surface area (Å²) in [4.78, 5) is 4.42. The van der Waals surface area contributed by atoms with Crippen LogP contribution in [-0.2, 0) is 5.54 Å². The van der Waals surface area contributed by atoms with Gasteiger partial charge in [-0.25, -0.2) is 0 Å². The van der Waals surface area contributed by atoms with Crippen LogP contribution in [0.25, 0.3) is 0 Å². The van der Waals surface area contributed by atoms with Gasteiger partial charge in [0.1, 0.15) is 0 Å². The summed E-state index contributed by atoms with van der Waals surface area (Å²) in [6, 6.07) is 20.9. The first-order valence-corrected chi connectivity index (χ1v) is 8.55. The molecule has 0 aliphatic heterocycles. The Labute approximate surface area is 125 Å². The third kappa shape index (κ3) is 3.86. The van der Waals surface area contributed by atoms with Crippen LogP contribution in [0.1, 0.15) is 12.5 Å². The SMILES string of the molecule is CC(C[Se]c1ccccc1)(N=C=S)c1ccccc1. The predicted octanol–water partition coefficient (Wildman–Crippen LogP) is 3.45. The fourth-order valence-electron chi connectivity index (χ4n) is 1.82. The quantitative estimate of drug-likeness (QED) is 0.464. The minimum atomic E-state index is -0.265. The molecule has 0 amide bonds. The number of rotatable bonds is 5. The summed E-state index contributed by atoms with van der Waals surface area (Å²) < 4.78 is 1.39. The molecule has 2 rings (SSSR count). The summed E-state index contributed by atoms with van der Waals surface area (Å²) >= 11 is 5.20. The molecule has 19 heavy (non-hydrogen) atoms. The zero-order valence-corrected chi connectivity index (χ0v) is 13.3. The summed E-state index contributed by atoms with van der Waals surface area (Å²) in [7, 11) is 0. The van der Waals surface area contributed by atoms with E-state index in [4.69, 9.17) is 12.2 Å². The monoisotopic (exact) mass is 333 g/mol. The molecule has 1 nitrogen and oxygen atoms in total. The molecule has 3 heteroatoms. The number of thiocarbonyl (C=S) groups is 1. The fraction of sp³-hybridized carbons (Fsp3) is 0.188. The second-order valence-electron chi connectivity index (χ2n) is 4.44. The van der Waals surface area contributed by atoms with Gasteiger partial charge in [-0.1, -0.05) is 0 Å². The van der Waals surface area contributed by atoms with Crippen LogP contribution in [0.5, 0.6) is 0 Å². The van der Waals surface area contributed by atoms with Gasteiger partial charge in [0, 0.05) is 0 Å². The van der Waals surface area contributed by atoms with E-state index in [0.29, 0.717) is 15.0 Å². The van der Waals surface area contributed by atoms with E-state index in [1.54, 1.807) is 0 Å². The molecule has 0 aliphatic carbocycles. The van der Waals surface area contributed by atoms with Gasteiger partial charge in [-0.3, -0.25) is 0 Å². The van der Waals surface area contributed by atoms with E-state index >= 15 is 0 Å². The Morgan fingerprint density at radius 1 is 1.05 bits per heavy atom. The summed E-state index contributed by atoms with van der Waals surface area (Å²) in [6.45, 7) is 2.13. The second-order valence-corrected chi connectivity index (χ2v) is 6.83. The summed E-state index contributed by atoms with van der Waals surface area (Å²) in [5.41, 5.74) is 0.934. The second kappa shape index (κ2) is 6.79. The maximum atomic E-state index is 4.82. The van der Waals surface area contributed by atoms with E-state index in [1.165, 1.54) is 10.0 Å². The van der Waals surface area contributed by atoms with Gasteiger partial charge in [0.15, 0.2) is 0 Å². The first kappa shape index (κ1) is 14.2. The third-order valence-electron chi connectivity index (χ3n) is 2.95. The third-order valence-corrected chi connectivity index (χ3v) is 5.80. The van der Waals surface area contributed by atoms with Crippen LogP contribution >= 0.6 is 12.2 Å². The van der Waals surface area contributed by atoms with Crippen molar-refractivity contribution >= 4 is 36.8 Å². The first-order chi connectivity index (χ1) is 9.24. The molecule has 0 bridgehead atoms. The van der Waals surface area contributed by atoms with E-state index in [1.807, 2.05) is 24.3 Å². The van der Waals surface area contributed by atoms with Gasteiger partial charge in [-0.2, -0.15) is 0 Å². The predicted molar refractivity (Wildman–Crippen MR) is 85.5 cm³/mol.